The summed E-state index contributed by atoms with van der Waals surface area (Å²) in [6.45, 7) is 4.55. The Balaban J connectivity index is 3.75. The van der Waals surface area contributed by atoms with Crippen LogP contribution >= 0.6 is 12.2 Å². The molecule has 0 rings (SSSR count). The number of urea groups is 2. The predicted molar refractivity (Wildman–Crippen MR) is 57.0 cm³/mol. The van der Waals surface area contributed by atoms with Gasteiger partial charge in [0, 0.05) is 13.1 Å². The van der Waals surface area contributed by atoms with Gasteiger partial charge >= 0.3 is 12.1 Å². The van der Waals surface area contributed by atoms with Gasteiger partial charge in [0.15, 0.2) is 5.11 Å². The van der Waals surface area contributed by atoms with E-state index in [0.717, 1.165) is 0 Å². The summed E-state index contributed by atoms with van der Waals surface area (Å²) in [5.74, 6) is 0. The summed E-state index contributed by atoms with van der Waals surface area (Å²) in [5.41, 5.74) is 0. The molecule has 0 unspecified atom stereocenters. The number of nitrogens with one attached hydrogen (secondary N) is 4. The molecule has 0 radical (unpaired) electrons. The van der Waals surface area contributed by atoms with Crippen molar-refractivity contribution >= 4 is 29.4 Å². The summed E-state index contributed by atoms with van der Waals surface area (Å²) in [6.07, 6.45) is 0. The molecule has 0 heterocycles. The maximum atomic E-state index is 10.9. The minimum atomic E-state index is -0.436. The third-order valence-electron chi connectivity index (χ3n) is 1.13. The Morgan fingerprint density at radius 2 is 1.36 bits per heavy atom. The molecule has 0 aromatic rings. The molecule has 4 N–H and O–H groups in total. The lowest BCUT2D eigenvalue weighted by Crippen LogP contribution is -2.49. The fraction of sp³-hybridized carbons (Fsp3) is 0.571. The van der Waals surface area contributed by atoms with Gasteiger partial charge in [0.05, 0.1) is 0 Å². The van der Waals surface area contributed by atoms with Crippen molar-refractivity contribution in [2.24, 2.45) is 0 Å². The molecule has 14 heavy (non-hydrogen) atoms. The van der Waals surface area contributed by atoms with Crippen molar-refractivity contribution < 1.29 is 9.59 Å². The summed E-state index contributed by atoms with van der Waals surface area (Å²) in [7, 11) is 0. The summed E-state index contributed by atoms with van der Waals surface area (Å²) in [6, 6.07) is -0.872. The van der Waals surface area contributed by atoms with Gasteiger partial charge in [0.1, 0.15) is 0 Å². The number of hydrogen-bond donors (Lipinski definition) is 4. The minimum absolute atomic E-state index is 0.0260. The monoisotopic (exact) mass is 218 g/mol. The smallest absolute Gasteiger partial charge is 0.320 e. The SMILES string of the molecule is CCNC(=O)NC(=S)NC(=O)NCC. The third kappa shape index (κ3) is 6.18. The third-order valence-corrected chi connectivity index (χ3v) is 1.33. The second-order valence-electron chi connectivity index (χ2n) is 2.30. The number of thiocarbonyl (C=S) groups is 1. The van der Waals surface area contributed by atoms with Gasteiger partial charge in [-0.25, -0.2) is 9.59 Å². The molecule has 80 valence electrons. The van der Waals surface area contributed by atoms with Gasteiger partial charge in [-0.3, -0.25) is 10.6 Å². The summed E-state index contributed by atoms with van der Waals surface area (Å²) >= 11 is 4.69. The van der Waals surface area contributed by atoms with E-state index in [9.17, 15) is 9.59 Å². The van der Waals surface area contributed by atoms with E-state index in [4.69, 9.17) is 12.2 Å². The molecular formula is C7H14N4O2S. The van der Waals surface area contributed by atoms with E-state index in [1.165, 1.54) is 0 Å². The van der Waals surface area contributed by atoms with Crippen LogP contribution in [0.3, 0.4) is 0 Å². The highest BCUT2D eigenvalue weighted by atomic mass is 32.1. The van der Waals surface area contributed by atoms with E-state index in [2.05, 4.69) is 21.3 Å². The number of carbonyl (C=O) groups excluding carboxylic acids is 2. The maximum Gasteiger partial charge on any atom is 0.320 e. The van der Waals surface area contributed by atoms with Crippen LogP contribution in [0, 0.1) is 0 Å². The normalized spacial score (nSPS) is 8.71. The van der Waals surface area contributed by atoms with Crippen molar-refractivity contribution in [2.45, 2.75) is 13.8 Å². The first-order valence-electron chi connectivity index (χ1n) is 4.23. The van der Waals surface area contributed by atoms with E-state index in [-0.39, 0.29) is 5.11 Å². The van der Waals surface area contributed by atoms with Crippen molar-refractivity contribution in [3.05, 3.63) is 0 Å². The highest BCUT2D eigenvalue weighted by molar-refractivity contribution is 7.80. The molecule has 0 atom stereocenters. The quantitative estimate of drug-likeness (QED) is 0.489. The van der Waals surface area contributed by atoms with E-state index in [0.29, 0.717) is 13.1 Å². The first kappa shape index (κ1) is 12.6. The van der Waals surface area contributed by atoms with Gasteiger partial charge < -0.3 is 10.6 Å². The topological polar surface area (TPSA) is 82.3 Å². The first-order chi connectivity index (χ1) is 6.60. The van der Waals surface area contributed by atoms with Crippen LogP contribution in [-0.2, 0) is 0 Å². The Morgan fingerprint density at radius 1 is 1.00 bits per heavy atom. The molecule has 0 aliphatic heterocycles. The Hall–Kier alpha value is -1.37. The molecule has 0 saturated carbocycles. The minimum Gasteiger partial charge on any atom is -0.338 e. The van der Waals surface area contributed by atoms with Crippen LogP contribution in [0.1, 0.15) is 13.8 Å². The average Bonchev–Trinajstić information content (AvgIpc) is 2.03. The lowest BCUT2D eigenvalue weighted by molar-refractivity contribution is 0.244. The molecule has 0 bridgehead atoms. The second-order valence-corrected chi connectivity index (χ2v) is 2.71. The Morgan fingerprint density at radius 3 is 1.64 bits per heavy atom. The number of amides is 4. The Labute approximate surface area is 87.8 Å². The van der Waals surface area contributed by atoms with Crippen molar-refractivity contribution in [1.82, 2.24) is 21.3 Å². The van der Waals surface area contributed by atoms with Crippen LogP contribution in [0.15, 0.2) is 0 Å². The summed E-state index contributed by atoms with van der Waals surface area (Å²) < 4.78 is 0. The molecule has 0 saturated heterocycles. The van der Waals surface area contributed by atoms with Crippen LogP contribution in [0.4, 0.5) is 9.59 Å². The molecule has 6 nitrogen and oxygen atoms in total. The van der Waals surface area contributed by atoms with Gasteiger partial charge in [-0.05, 0) is 26.1 Å². The van der Waals surface area contributed by atoms with E-state index >= 15 is 0 Å². The van der Waals surface area contributed by atoms with Crippen molar-refractivity contribution in [1.29, 1.82) is 0 Å². The van der Waals surface area contributed by atoms with E-state index in [1.54, 1.807) is 13.8 Å². The molecule has 0 aliphatic rings. The average molecular weight is 218 g/mol. The van der Waals surface area contributed by atoms with E-state index in [1.807, 2.05) is 0 Å². The van der Waals surface area contributed by atoms with E-state index < -0.39 is 12.1 Å². The zero-order valence-electron chi connectivity index (χ0n) is 8.14. The van der Waals surface area contributed by atoms with Crippen molar-refractivity contribution in [2.75, 3.05) is 13.1 Å². The fourth-order valence-electron chi connectivity index (χ4n) is 0.647. The van der Waals surface area contributed by atoms with Crippen LogP contribution in [0.2, 0.25) is 0 Å². The summed E-state index contributed by atoms with van der Waals surface area (Å²) in [5, 5.41) is 9.48. The van der Waals surface area contributed by atoms with Crippen molar-refractivity contribution in [3.8, 4) is 0 Å². The fourth-order valence-corrected chi connectivity index (χ4v) is 0.832. The second kappa shape index (κ2) is 7.07. The number of carbonyl (C=O) groups is 2. The zero-order valence-corrected chi connectivity index (χ0v) is 8.96. The molecular weight excluding hydrogens is 204 g/mol. The van der Waals surface area contributed by atoms with Crippen LogP contribution in [0.5, 0.6) is 0 Å². The maximum absolute atomic E-state index is 10.9. The van der Waals surface area contributed by atoms with Crippen molar-refractivity contribution in [3.63, 3.8) is 0 Å². The van der Waals surface area contributed by atoms with Crippen LogP contribution in [-0.4, -0.2) is 30.3 Å². The zero-order chi connectivity index (χ0) is 11.0. The van der Waals surface area contributed by atoms with Gasteiger partial charge in [0.2, 0.25) is 0 Å². The standard InChI is InChI=1S/C7H14N4O2S/c1-3-8-5(12)10-7(14)11-6(13)9-4-2/h3-4H2,1-2H3,(H4,8,9,10,11,12,13,14). The Bertz CT molecular complexity index is 210. The van der Waals surface area contributed by atoms with Gasteiger partial charge in [0.25, 0.3) is 0 Å². The largest absolute Gasteiger partial charge is 0.338 e. The molecule has 0 aliphatic carbocycles. The van der Waals surface area contributed by atoms with Gasteiger partial charge in [-0.15, -0.1) is 0 Å². The molecule has 0 aromatic heterocycles. The van der Waals surface area contributed by atoms with Gasteiger partial charge in [-0.1, -0.05) is 0 Å². The molecule has 0 fully saturated rings. The molecule has 4 amide bonds. The molecule has 7 heteroatoms. The lowest BCUT2D eigenvalue weighted by Gasteiger charge is -2.08. The first-order valence-corrected chi connectivity index (χ1v) is 4.64. The number of rotatable bonds is 2. The summed E-state index contributed by atoms with van der Waals surface area (Å²) in [4.78, 5) is 21.8. The predicted octanol–water partition coefficient (Wildman–Crippen LogP) is -0.0905. The highest BCUT2D eigenvalue weighted by Gasteiger charge is 2.05. The highest BCUT2D eigenvalue weighted by Crippen LogP contribution is 1.70. The van der Waals surface area contributed by atoms with Gasteiger partial charge in [-0.2, -0.15) is 0 Å². The molecule has 0 aromatic carbocycles. The van der Waals surface area contributed by atoms with Crippen LogP contribution < -0.4 is 21.3 Å². The molecule has 0 spiro atoms. The van der Waals surface area contributed by atoms with Crippen LogP contribution in [0.25, 0.3) is 0 Å². The number of hydrogen-bond acceptors (Lipinski definition) is 3. The lowest BCUT2D eigenvalue weighted by atomic mass is 10.7. The Kier molecular flexibility index (Phi) is 6.38.